The Kier molecular flexibility index (Phi) is 11.7. The van der Waals surface area contributed by atoms with Gasteiger partial charge in [-0.2, -0.15) is 5.26 Å². The molecule has 0 aromatic heterocycles. The van der Waals surface area contributed by atoms with E-state index in [0.717, 1.165) is 37.0 Å². The number of hydrogen-bond acceptors (Lipinski definition) is 3. The van der Waals surface area contributed by atoms with Crippen LogP contribution >= 0.6 is 11.8 Å². The van der Waals surface area contributed by atoms with Crippen LogP contribution in [0.3, 0.4) is 0 Å². The Morgan fingerprint density at radius 3 is 2.29 bits per heavy atom. The van der Waals surface area contributed by atoms with Gasteiger partial charge < -0.3 is 5.11 Å². The molecule has 134 valence electrons. The molecular weight excluding hydrogens is 314 g/mol. The highest BCUT2D eigenvalue weighted by molar-refractivity contribution is 7.99. The first kappa shape index (κ1) is 21.1. The maximum absolute atomic E-state index is 10.0. The van der Waals surface area contributed by atoms with E-state index in [4.69, 9.17) is 5.26 Å². The van der Waals surface area contributed by atoms with E-state index in [1.165, 1.54) is 37.0 Å². The van der Waals surface area contributed by atoms with Gasteiger partial charge in [0.25, 0.3) is 0 Å². The first-order chi connectivity index (χ1) is 11.7. The molecule has 0 bridgehead atoms. The van der Waals surface area contributed by atoms with Gasteiger partial charge in [0.2, 0.25) is 0 Å². The van der Waals surface area contributed by atoms with Crippen molar-refractivity contribution in [3.05, 3.63) is 29.8 Å². The summed E-state index contributed by atoms with van der Waals surface area (Å²) in [5.74, 6) is 1.00. The maximum Gasteiger partial charge on any atom is 0.0700 e. The molecule has 0 radical (unpaired) electrons. The van der Waals surface area contributed by atoms with Gasteiger partial charge in [-0.25, -0.2) is 0 Å². The molecule has 1 aromatic rings. The van der Waals surface area contributed by atoms with Crippen molar-refractivity contribution in [2.24, 2.45) is 0 Å². The minimum absolute atomic E-state index is 0.0406. The summed E-state index contributed by atoms with van der Waals surface area (Å²) in [7, 11) is 0. The quantitative estimate of drug-likeness (QED) is 0.336. The van der Waals surface area contributed by atoms with Gasteiger partial charge in [0.05, 0.1) is 18.1 Å². The van der Waals surface area contributed by atoms with Crippen molar-refractivity contribution in [2.45, 2.75) is 88.6 Å². The lowest BCUT2D eigenvalue weighted by Crippen LogP contribution is -2.06. The summed E-state index contributed by atoms with van der Waals surface area (Å²) in [5.41, 5.74) is 1.08. The minimum atomic E-state index is -0.129. The molecule has 2 atom stereocenters. The second kappa shape index (κ2) is 13.3. The van der Waals surface area contributed by atoms with Gasteiger partial charge in [-0.15, -0.1) is 11.8 Å². The molecule has 0 saturated heterocycles. The Morgan fingerprint density at radius 1 is 1.00 bits per heavy atom. The average Bonchev–Trinajstić information content (AvgIpc) is 2.61. The van der Waals surface area contributed by atoms with Crippen LogP contribution in [0.25, 0.3) is 0 Å². The highest BCUT2D eigenvalue weighted by atomic mass is 32.2. The van der Waals surface area contributed by atoms with Crippen LogP contribution < -0.4 is 0 Å². The van der Waals surface area contributed by atoms with Crippen LogP contribution in [0.1, 0.15) is 83.1 Å². The molecule has 0 aliphatic heterocycles. The smallest absolute Gasteiger partial charge is 0.0700 e. The Morgan fingerprint density at radius 2 is 1.62 bits per heavy atom. The Hall–Kier alpha value is -0.980. The SMILES string of the molecule is CCCCCCCC[C@@H](O)CCCSc1ccc(C(C)C#N)cc1. The first-order valence-corrected chi connectivity index (χ1v) is 10.5. The van der Waals surface area contributed by atoms with Crippen LogP contribution in [0.15, 0.2) is 29.2 Å². The third kappa shape index (κ3) is 9.35. The molecular formula is C21H33NOS. The third-order valence-electron chi connectivity index (χ3n) is 4.42. The number of aliphatic hydroxyl groups excluding tert-OH is 1. The van der Waals surface area contributed by atoms with Crippen molar-refractivity contribution < 1.29 is 5.11 Å². The number of rotatable bonds is 13. The lowest BCUT2D eigenvalue weighted by Gasteiger charge is -2.10. The molecule has 0 amide bonds. The average molecular weight is 348 g/mol. The summed E-state index contributed by atoms with van der Waals surface area (Å²) in [5, 5.41) is 19.0. The van der Waals surface area contributed by atoms with Gasteiger partial charge in [0, 0.05) is 4.90 Å². The molecule has 1 N–H and O–H groups in total. The molecule has 2 nitrogen and oxygen atoms in total. The Labute approximate surface area is 152 Å². The number of nitriles is 1. The molecule has 3 heteroatoms. The number of unbranched alkanes of at least 4 members (excludes halogenated alkanes) is 5. The zero-order valence-corrected chi connectivity index (χ0v) is 16.2. The number of hydrogen-bond donors (Lipinski definition) is 1. The molecule has 0 aliphatic rings. The second-order valence-electron chi connectivity index (χ2n) is 6.62. The zero-order chi connectivity index (χ0) is 17.6. The van der Waals surface area contributed by atoms with Crippen molar-refractivity contribution >= 4 is 11.8 Å². The normalized spacial score (nSPS) is 13.4. The molecule has 0 fully saturated rings. The molecule has 0 spiro atoms. The van der Waals surface area contributed by atoms with Gasteiger partial charge in [-0.3, -0.25) is 0 Å². The van der Waals surface area contributed by atoms with Crippen LogP contribution in [0.2, 0.25) is 0 Å². The summed E-state index contributed by atoms with van der Waals surface area (Å²) >= 11 is 1.83. The fraction of sp³-hybridized carbons (Fsp3) is 0.667. The summed E-state index contributed by atoms with van der Waals surface area (Å²) in [4.78, 5) is 1.24. The predicted octanol–water partition coefficient (Wildman–Crippen LogP) is 6.30. The predicted molar refractivity (Wildman–Crippen MR) is 104 cm³/mol. The summed E-state index contributed by atoms with van der Waals surface area (Å²) in [6, 6.07) is 10.5. The highest BCUT2D eigenvalue weighted by Gasteiger charge is 2.05. The minimum Gasteiger partial charge on any atom is -0.393 e. The van der Waals surface area contributed by atoms with E-state index in [2.05, 4.69) is 25.1 Å². The standard InChI is InChI=1S/C21H33NOS/c1-3-4-5-6-7-8-10-20(23)11-9-16-24-21-14-12-19(13-15-21)18(2)17-22/h12-15,18,20,23H,3-11,16H2,1-2H3/t18?,20-/m1/s1. The first-order valence-electron chi connectivity index (χ1n) is 9.47. The fourth-order valence-corrected chi connectivity index (χ4v) is 3.62. The van der Waals surface area contributed by atoms with Gasteiger partial charge in [-0.1, -0.05) is 57.6 Å². The fourth-order valence-electron chi connectivity index (χ4n) is 2.74. The van der Waals surface area contributed by atoms with Crippen LogP contribution in [-0.2, 0) is 0 Å². The van der Waals surface area contributed by atoms with E-state index in [1.807, 2.05) is 30.8 Å². The van der Waals surface area contributed by atoms with Gasteiger partial charge in [0.15, 0.2) is 0 Å². The van der Waals surface area contributed by atoms with Gasteiger partial charge >= 0.3 is 0 Å². The van der Waals surface area contributed by atoms with Crippen molar-refractivity contribution in [1.82, 2.24) is 0 Å². The number of aliphatic hydroxyl groups is 1. The highest BCUT2D eigenvalue weighted by Crippen LogP contribution is 2.23. The molecule has 0 heterocycles. The van der Waals surface area contributed by atoms with Crippen molar-refractivity contribution in [3.8, 4) is 6.07 Å². The van der Waals surface area contributed by atoms with Crippen molar-refractivity contribution in [3.63, 3.8) is 0 Å². The van der Waals surface area contributed by atoms with E-state index in [9.17, 15) is 5.11 Å². The van der Waals surface area contributed by atoms with Crippen molar-refractivity contribution in [2.75, 3.05) is 5.75 Å². The van der Waals surface area contributed by atoms with Crippen LogP contribution in [0, 0.1) is 11.3 Å². The molecule has 0 saturated carbocycles. The van der Waals surface area contributed by atoms with Crippen molar-refractivity contribution in [1.29, 1.82) is 5.26 Å². The third-order valence-corrected chi connectivity index (χ3v) is 5.51. The molecule has 1 rings (SSSR count). The topological polar surface area (TPSA) is 44.0 Å². The summed E-state index contributed by atoms with van der Waals surface area (Å²) < 4.78 is 0. The van der Waals surface area contributed by atoms with E-state index >= 15 is 0 Å². The van der Waals surface area contributed by atoms with Crippen LogP contribution in [0.5, 0.6) is 0 Å². The monoisotopic (exact) mass is 347 g/mol. The molecule has 1 unspecified atom stereocenters. The molecule has 0 aliphatic carbocycles. The van der Waals surface area contributed by atoms with E-state index < -0.39 is 0 Å². The van der Waals surface area contributed by atoms with Crippen LogP contribution in [-0.4, -0.2) is 17.0 Å². The van der Waals surface area contributed by atoms with E-state index in [-0.39, 0.29) is 12.0 Å². The number of benzene rings is 1. The molecule has 1 aromatic carbocycles. The zero-order valence-electron chi connectivity index (χ0n) is 15.3. The van der Waals surface area contributed by atoms with Crippen LogP contribution in [0.4, 0.5) is 0 Å². The maximum atomic E-state index is 10.0. The summed E-state index contributed by atoms with van der Waals surface area (Å²) in [6.07, 6.45) is 10.5. The van der Waals surface area contributed by atoms with Gasteiger partial charge in [0.1, 0.15) is 0 Å². The number of thioether (sulfide) groups is 1. The Bertz CT molecular complexity index is 466. The lowest BCUT2D eigenvalue weighted by molar-refractivity contribution is 0.150. The van der Waals surface area contributed by atoms with E-state index in [1.54, 1.807) is 0 Å². The lowest BCUT2D eigenvalue weighted by atomic mass is 10.0. The van der Waals surface area contributed by atoms with Gasteiger partial charge in [-0.05, 0) is 49.6 Å². The molecule has 24 heavy (non-hydrogen) atoms. The second-order valence-corrected chi connectivity index (χ2v) is 7.79. The Balaban J connectivity index is 2.07. The van der Waals surface area contributed by atoms with E-state index in [0.29, 0.717) is 0 Å². The summed E-state index contributed by atoms with van der Waals surface area (Å²) in [6.45, 7) is 4.16. The largest absolute Gasteiger partial charge is 0.393 e. The number of nitrogens with zero attached hydrogens (tertiary/aromatic N) is 1.